The smallest absolute Gasteiger partial charge is 0.165 e. The Morgan fingerprint density at radius 2 is 1.78 bits per heavy atom. The first-order chi connectivity index (χ1) is 8.84. The Balaban J connectivity index is 1.83. The first-order valence-corrected chi connectivity index (χ1v) is 5.67. The molecule has 3 rings (SSSR count). The average molecular weight is 242 g/mol. The minimum atomic E-state index is -0.356. The minimum Gasteiger partial charge on any atom is -0.486 e. The molecule has 0 aliphatic carbocycles. The number of hydrogen-bond acceptors (Lipinski definition) is 2. The van der Waals surface area contributed by atoms with Crippen molar-refractivity contribution in [1.82, 2.24) is 0 Å². The highest BCUT2D eigenvalue weighted by Gasteiger charge is 2.07. The van der Waals surface area contributed by atoms with Crippen LogP contribution in [0.4, 0.5) is 4.39 Å². The highest BCUT2D eigenvalue weighted by Crippen LogP contribution is 2.23. The number of benzene rings is 2. The number of para-hydroxylation sites is 2. The molecule has 0 N–H and O–H groups in total. The molecule has 18 heavy (non-hydrogen) atoms. The number of hydrogen-bond donors (Lipinski definition) is 0. The molecule has 1 aromatic heterocycles. The number of fused-ring (bicyclic) bond motifs is 1. The summed E-state index contributed by atoms with van der Waals surface area (Å²) >= 11 is 0. The zero-order chi connectivity index (χ0) is 12.4. The third-order valence-electron chi connectivity index (χ3n) is 2.78. The molecule has 3 heteroatoms. The standard InChI is InChI=1S/C15H11FO2/c16-13-6-2-4-8-15(13)18-10-11-9-17-14-7-3-1-5-12(11)14/h1-9H,10H2. The quantitative estimate of drug-likeness (QED) is 0.688. The topological polar surface area (TPSA) is 22.4 Å². The Hall–Kier alpha value is -2.29. The SMILES string of the molecule is Fc1ccccc1OCc1coc2ccccc12. The van der Waals surface area contributed by atoms with Gasteiger partial charge in [0.25, 0.3) is 0 Å². The molecule has 0 saturated heterocycles. The van der Waals surface area contributed by atoms with Crippen molar-refractivity contribution in [3.05, 3.63) is 66.2 Å². The van der Waals surface area contributed by atoms with E-state index < -0.39 is 0 Å². The largest absolute Gasteiger partial charge is 0.486 e. The maximum atomic E-state index is 13.4. The molecule has 90 valence electrons. The second kappa shape index (κ2) is 4.53. The molecule has 1 heterocycles. The van der Waals surface area contributed by atoms with Gasteiger partial charge in [-0.2, -0.15) is 0 Å². The Bertz CT molecular complexity index is 673. The Labute approximate surface area is 104 Å². The van der Waals surface area contributed by atoms with Crippen LogP contribution in [0.1, 0.15) is 5.56 Å². The van der Waals surface area contributed by atoms with Gasteiger partial charge in [0.15, 0.2) is 11.6 Å². The van der Waals surface area contributed by atoms with E-state index in [4.69, 9.17) is 9.15 Å². The molecule has 3 aromatic rings. The van der Waals surface area contributed by atoms with Crippen molar-refractivity contribution in [1.29, 1.82) is 0 Å². The zero-order valence-corrected chi connectivity index (χ0v) is 9.60. The molecule has 0 aliphatic rings. The predicted octanol–water partition coefficient (Wildman–Crippen LogP) is 4.15. The van der Waals surface area contributed by atoms with Crippen LogP contribution in [0.25, 0.3) is 11.0 Å². The molecule has 2 nitrogen and oxygen atoms in total. The lowest BCUT2D eigenvalue weighted by Crippen LogP contribution is -1.96. The van der Waals surface area contributed by atoms with Gasteiger partial charge in [0.2, 0.25) is 0 Å². The lowest BCUT2D eigenvalue weighted by Gasteiger charge is -2.05. The lowest BCUT2D eigenvalue weighted by molar-refractivity contribution is 0.290. The molecular formula is C15H11FO2. The van der Waals surface area contributed by atoms with Crippen LogP contribution in [0, 0.1) is 5.82 Å². The molecule has 0 unspecified atom stereocenters. The lowest BCUT2D eigenvalue weighted by atomic mass is 10.2. The van der Waals surface area contributed by atoms with E-state index in [1.165, 1.54) is 6.07 Å². The summed E-state index contributed by atoms with van der Waals surface area (Å²) in [5.74, 6) is -0.104. The van der Waals surface area contributed by atoms with Crippen LogP contribution < -0.4 is 4.74 Å². The summed E-state index contributed by atoms with van der Waals surface area (Å²) in [6.07, 6.45) is 1.64. The summed E-state index contributed by atoms with van der Waals surface area (Å²) in [7, 11) is 0. The molecule has 0 amide bonds. The fraction of sp³-hybridized carbons (Fsp3) is 0.0667. The van der Waals surface area contributed by atoms with E-state index in [9.17, 15) is 4.39 Å². The number of ether oxygens (including phenoxy) is 1. The van der Waals surface area contributed by atoms with Gasteiger partial charge < -0.3 is 9.15 Å². The Morgan fingerprint density at radius 3 is 2.67 bits per heavy atom. The van der Waals surface area contributed by atoms with Gasteiger partial charge in [-0.3, -0.25) is 0 Å². The van der Waals surface area contributed by atoms with Crippen molar-refractivity contribution >= 4 is 11.0 Å². The first kappa shape index (κ1) is 10.8. The summed E-state index contributed by atoms with van der Waals surface area (Å²) < 4.78 is 24.2. The van der Waals surface area contributed by atoms with Crippen LogP contribution in [0.3, 0.4) is 0 Å². The van der Waals surface area contributed by atoms with E-state index in [1.54, 1.807) is 24.5 Å². The van der Waals surface area contributed by atoms with E-state index in [2.05, 4.69) is 0 Å². The number of halogens is 1. The zero-order valence-electron chi connectivity index (χ0n) is 9.60. The van der Waals surface area contributed by atoms with Crippen LogP contribution in [-0.4, -0.2) is 0 Å². The van der Waals surface area contributed by atoms with E-state index >= 15 is 0 Å². The van der Waals surface area contributed by atoms with E-state index in [0.717, 1.165) is 16.5 Å². The Morgan fingerprint density at radius 1 is 1.00 bits per heavy atom. The molecule has 0 aliphatic heterocycles. The molecular weight excluding hydrogens is 231 g/mol. The predicted molar refractivity (Wildman–Crippen MR) is 66.9 cm³/mol. The van der Waals surface area contributed by atoms with Gasteiger partial charge in [-0.15, -0.1) is 0 Å². The van der Waals surface area contributed by atoms with E-state index in [0.29, 0.717) is 0 Å². The van der Waals surface area contributed by atoms with Crippen molar-refractivity contribution < 1.29 is 13.5 Å². The first-order valence-electron chi connectivity index (χ1n) is 5.67. The minimum absolute atomic E-state index is 0.253. The number of rotatable bonds is 3. The third kappa shape index (κ3) is 1.95. The summed E-state index contributed by atoms with van der Waals surface area (Å²) in [5.41, 5.74) is 1.72. The molecule has 0 atom stereocenters. The number of furan rings is 1. The van der Waals surface area contributed by atoms with Gasteiger partial charge in [0, 0.05) is 10.9 Å². The van der Waals surface area contributed by atoms with E-state index in [-0.39, 0.29) is 18.2 Å². The molecule has 0 spiro atoms. The second-order valence-corrected chi connectivity index (χ2v) is 3.98. The third-order valence-corrected chi connectivity index (χ3v) is 2.78. The highest BCUT2D eigenvalue weighted by atomic mass is 19.1. The van der Waals surface area contributed by atoms with Crippen molar-refractivity contribution in [2.75, 3.05) is 0 Å². The van der Waals surface area contributed by atoms with Gasteiger partial charge in [-0.25, -0.2) is 4.39 Å². The van der Waals surface area contributed by atoms with Crippen molar-refractivity contribution in [2.45, 2.75) is 6.61 Å². The van der Waals surface area contributed by atoms with Crippen LogP contribution in [0.2, 0.25) is 0 Å². The van der Waals surface area contributed by atoms with Gasteiger partial charge in [0.05, 0.1) is 6.26 Å². The Kier molecular flexibility index (Phi) is 2.73. The summed E-state index contributed by atoms with van der Waals surface area (Å²) in [4.78, 5) is 0. The van der Waals surface area contributed by atoms with Crippen molar-refractivity contribution in [3.63, 3.8) is 0 Å². The van der Waals surface area contributed by atoms with Crippen molar-refractivity contribution in [3.8, 4) is 5.75 Å². The van der Waals surface area contributed by atoms with Gasteiger partial charge >= 0.3 is 0 Å². The van der Waals surface area contributed by atoms with E-state index in [1.807, 2.05) is 24.3 Å². The second-order valence-electron chi connectivity index (χ2n) is 3.98. The maximum Gasteiger partial charge on any atom is 0.165 e. The molecule has 0 fully saturated rings. The maximum absolute atomic E-state index is 13.4. The van der Waals surface area contributed by atoms with Gasteiger partial charge in [-0.05, 0) is 18.2 Å². The fourth-order valence-corrected chi connectivity index (χ4v) is 1.86. The molecule has 2 aromatic carbocycles. The van der Waals surface area contributed by atoms with Crippen LogP contribution in [0.5, 0.6) is 5.75 Å². The van der Waals surface area contributed by atoms with Crippen LogP contribution in [0.15, 0.2) is 59.2 Å². The van der Waals surface area contributed by atoms with Crippen LogP contribution in [-0.2, 0) is 6.61 Å². The highest BCUT2D eigenvalue weighted by molar-refractivity contribution is 5.80. The van der Waals surface area contributed by atoms with Gasteiger partial charge in [0.1, 0.15) is 12.2 Å². The molecule has 0 saturated carbocycles. The van der Waals surface area contributed by atoms with Gasteiger partial charge in [-0.1, -0.05) is 30.3 Å². The molecule has 0 bridgehead atoms. The monoisotopic (exact) mass is 242 g/mol. The summed E-state index contributed by atoms with van der Waals surface area (Å²) in [6, 6.07) is 14.1. The van der Waals surface area contributed by atoms with Crippen LogP contribution >= 0.6 is 0 Å². The summed E-state index contributed by atoms with van der Waals surface area (Å²) in [6.45, 7) is 0.290. The summed E-state index contributed by atoms with van der Waals surface area (Å²) in [5, 5.41) is 0.994. The normalized spacial score (nSPS) is 10.7. The van der Waals surface area contributed by atoms with Crippen molar-refractivity contribution in [2.24, 2.45) is 0 Å². The fourth-order valence-electron chi connectivity index (χ4n) is 1.86. The molecule has 0 radical (unpaired) electrons. The average Bonchev–Trinajstić information content (AvgIpc) is 2.81.